The highest BCUT2D eigenvalue weighted by Crippen LogP contribution is 2.24. The molecule has 94 valence electrons. The molecule has 1 heterocycles. The third-order valence-electron chi connectivity index (χ3n) is 2.52. The van der Waals surface area contributed by atoms with Gasteiger partial charge in [0.05, 0.1) is 11.8 Å². The SMILES string of the molecule is N#C[C@H](C(=O)c1cc(Cl)cc(Cl)c1)c1ccccn1. The number of ketones is 1. The van der Waals surface area contributed by atoms with Crippen LogP contribution in [-0.4, -0.2) is 10.8 Å². The van der Waals surface area contributed by atoms with E-state index < -0.39 is 5.92 Å². The molecule has 0 unspecified atom stereocenters. The molecule has 0 saturated carbocycles. The number of nitrogens with zero attached hydrogens (tertiary/aromatic N) is 2. The summed E-state index contributed by atoms with van der Waals surface area (Å²) < 4.78 is 0. The van der Waals surface area contributed by atoms with Crippen molar-refractivity contribution in [1.82, 2.24) is 4.98 Å². The Balaban J connectivity index is 2.40. The van der Waals surface area contributed by atoms with E-state index in [-0.39, 0.29) is 5.78 Å². The normalized spacial score (nSPS) is 11.6. The van der Waals surface area contributed by atoms with E-state index >= 15 is 0 Å². The highest BCUT2D eigenvalue weighted by molar-refractivity contribution is 6.35. The summed E-state index contributed by atoms with van der Waals surface area (Å²) in [6.45, 7) is 0. The molecule has 0 fully saturated rings. The van der Waals surface area contributed by atoms with Gasteiger partial charge in [0.2, 0.25) is 0 Å². The molecule has 0 saturated heterocycles. The lowest BCUT2D eigenvalue weighted by atomic mass is 9.95. The number of carbonyl (C=O) groups excluding carboxylic acids is 1. The molecule has 0 N–H and O–H groups in total. The molecule has 2 aromatic rings. The Hall–Kier alpha value is -1.89. The minimum absolute atomic E-state index is 0.301. The average Bonchev–Trinajstić information content (AvgIpc) is 2.39. The Labute approximate surface area is 120 Å². The lowest BCUT2D eigenvalue weighted by Crippen LogP contribution is -2.12. The maximum Gasteiger partial charge on any atom is 0.186 e. The molecule has 3 nitrogen and oxygen atoms in total. The van der Waals surface area contributed by atoms with Crippen LogP contribution in [0.25, 0.3) is 0 Å². The van der Waals surface area contributed by atoms with Crippen molar-refractivity contribution in [3.8, 4) is 6.07 Å². The molecule has 1 atom stereocenters. The summed E-state index contributed by atoms with van der Waals surface area (Å²) >= 11 is 11.7. The number of nitriles is 1. The van der Waals surface area contributed by atoms with Crippen LogP contribution in [0.3, 0.4) is 0 Å². The number of Topliss-reactive ketones (excluding diaryl/α,β-unsaturated/α-hetero) is 1. The fourth-order valence-electron chi connectivity index (χ4n) is 1.67. The van der Waals surface area contributed by atoms with E-state index in [2.05, 4.69) is 4.98 Å². The number of carbonyl (C=O) groups is 1. The molecule has 0 aliphatic rings. The predicted molar refractivity (Wildman–Crippen MR) is 73.4 cm³/mol. The number of aromatic nitrogens is 1. The van der Waals surface area contributed by atoms with Gasteiger partial charge in [-0.3, -0.25) is 9.78 Å². The molecule has 0 bridgehead atoms. The summed E-state index contributed by atoms with van der Waals surface area (Å²) in [6.07, 6.45) is 1.54. The van der Waals surface area contributed by atoms with Gasteiger partial charge in [-0.15, -0.1) is 0 Å². The summed E-state index contributed by atoms with van der Waals surface area (Å²) in [7, 11) is 0. The minimum atomic E-state index is -0.962. The zero-order valence-corrected chi connectivity index (χ0v) is 11.2. The van der Waals surface area contributed by atoms with Gasteiger partial charge in [-0.25, -0.2) is 0 Å². The molecule has 0 radical (unpaired) electrons. The molecular formula is C14H8Cl2N2O. The van der Waals surface area contributed by atoms with Crippen molar-refractivity contribution in [2.24, 2.45) is 0 Å². The van der Waals surface area contributed by atoms with Gasteiger partial charge >= 0.3 is 0 Å². The number of hydrogen-bond acceptors (Lipinski definition) is 3. The summed E-state index contributed by atoms with van der Waals surface area (Å²) in [5.41, 5.74) is 0.709. The molecule has 5 heteroatoms. The van der Waals surface area contributed by atoms with Crippen molar-refractivity contribution in [3.63, 3.8) is 0 Å². The monoisotopic (exact) mass is 290 g/mol. The van der Waals surface area contributed by atoms with Crippen LogP contribution in [0.4, 0.5) is 0 Å². The van der Waals surface area contributed by atoms with E-state index in [1.165, 1.54) is 24.4 Å². The van der Waals surface area contributed by atoms with Crippen LogP contribution < -0.4 is 0 Å². The lowest BCUT2D eigenvalue weighted by Gasteiger charge is -2.08. The maximum absolute atomic E-state index is 12.3. The standard InChI is InChI=1S/C14H8Cl2N2O/c15-10-5-9(6-11(16)7-10)14(19)12(8-17)13-3-1-2-4-18-13/h1-7,12H/t12-/m0/s1. The van der Waals surface area contributed by atoms with Crippen molar-refractivity contribution >= 4 is 29.0 Å². The largest absolute Gasteiger partial charge is 0.292 e. The highest BCUT2D eigenvalue weighted by Gasteiger charge is 2.23. The highest BCUT2D eigenvalue weighted by atomic mass is 35.5. The first kappa shape index (κ1) is 13.5. The molecule has 0 aliphatic heterocycles. The smallest absolute Gasteiger partial charge is 0.186 e. The van der Waals surface area contributed by atoms with Crippen LogP contribution in [0.2, 0.25) is 10.0 Å². The van der Waals surface area contributed by atoms with Crippen molar-refractivity contribution in [3.05, 3.63) is 63.9 Å². The Kier molecular flexibility index (Phi) is 4.16. The fraction of sp³-hybridized carbons (Fsp3) is 0.0714. The molecule has 2 rings (SSSR count). The number of benzene rings is 1. The third-order valence-corrected chi connectivity index (χ3v) is 2.96. The van der Waals surface area contributed by atoms with Gasteiger partial charge in [0.25, 0.3) is 0 Å². The van der Waals surface area contributed by atoms with Gasteiger partial charge in [-0.05, 0) is 30.3 Å². The van der Waals surface area contributed by atoms with E-state index in [9.17, 15) is 10.1 Å². The summed E-state index contributed by atoms with van der Waals surface area (Å²) in [4.78, 5) is 16.3. The molecular weight excluding hydrogens is 283 g/mol. The number of pyridine rings is 1. The topological polar surface area (TPSA) is 53.8 Å². The third kappa shape index (κ3) is 3.11. The predicted octanol–water partition coefficient (Wildman–Crippen LogP) is 3.88. The summed E-state index contributed by atoms with van der Waals surface area (Å²) in [6, 6.07) is 11.6. The van der Waals surface area contributed by atoms with Crippen molar-refractivity contribution in [2.45, 2.75) is 5.92 Å². The first-order valence-electron chi connectivity index (χ1n) is 5.42. The molecule has 19 heavy (non-hydrogen) atoms. The van der Waals surface area contributed by atoms with E-state index in [1.54, 1.807) is 18.2 Å². The van der Waals surface area contributed by atoms with Gasteiger partial charge in [0.15, 0.2) is 11.7 Å². The average molecular weight is 291 g/mol. The molecule has 0 aliphatic carbocycles. The van der Waals surface area contributed by atoms with Crippen LogP contribution in [-0.2, 0) is 0 Å². The molecule has 1 aromatic carbocycles. The minimum Gasteiger partial charge on any atom is -0.292 e. The van der Waals surface area contributed by atoms with Gasteiger partial charge in [0, 0.05) is 21.8 Å². The molecule has 1 aromatic heterocycles. The molecule has 0 amide bonds. The number of hydrogen-bond donors (Lipinski definition) is 0. The van der Waals surface area contributed by atoms with Crippen LogP contribution in [0.1, 0.15) is 22.0 Å². The van der Waals surface area contributed by atoms with E-state index in [0.717, 1.165) is 0 Å². The second kappa shape index (κ2) is 5.83. The van der Waals surface area contributed by atoms with E-state index in [1.807, 2.05) is 6.07 Å². The lowest BCUT2D eigenvalue weighted by molar-refractivity contribution is 0.0977. The zero-order valence-electron chi connectivity index (χ0n) is 9.68. The quantitative estimate of drug-likeness (QED) is 0.806. The Morgan fingerprint density at radius 1 is 1.21 bits per heavy atom. The summed E-state index contributed by atoms with van der Waals surface area (Å²) in [5.74, 6) is -1.33. The van der Waals surface area contributed by atoms with Crippen molar-refractivity contribution in [1.29, 1.82) is 5.26 Å². The van der Waals surface area contributed by atoms with E-state index in [0.29, 0.717) is 21.3 Å². The zero-order chi connectivity index (χ0) is 13.8. The van der Waals surface area contributed by atoms with E-state index in [4.69, 9.17) is 23.2 Å². The second-order valence-electron chi connectivity index (χ2n) is 3.84. The summed E-state index contributed by atoms with van der Waals surface area (Å²) in [5, 5.41) is 9.88. The van der Waals surface area contributed by atoms with Crippen LogP contribution in [0.5, 0.6) is 0 Å². The first-order chi connectivity index (χ1) is 9.11. The van der Waals surface area contributed by atoms with Crippen molar-refractivity contribution < 1.29 is 4.79 Å². The van der Waals surface area contributed by atoms with Crippen LogP contribution >= 0.6 is 23.2 Å². The van der Waals surface area contributed by atoms with Gasteiger partial charge < -0.3 is 0 Å². The van der Waals surface area contributed by atoms with Gasteiger partial charge in [0.1, 0.15) is 0 Å². The second-order valence-corrected chi connectivity index (χ2v) is 4.71. The van der Waals surface area contributed by atoms with Gasteiger partial charge in [-0.1, -0.05) is 29.3 Å². The van der Waals surface area contributed by atoms with Gasteiger partial charge in [-0.2, -0.15) is 5.26 Å². The number of rotatable bonds is 3. The fourth-order valence-corrected chi connectivity index (χ4v) is 2.19. The first-order valence-corrected chi connectivity index (χ1v) is 6.18. The Morgan fingerprint density at radius 2 is 1.89 bits per heavy atom. The number of halogens is 2. The van der Waals surface area contributed by atoms with Crippen LogP contribution in [0.15, 0.2) is 42.6 Å². The molecule has 0 spiro atoms. The van der Waals surface area contributed by atoms with Crippen LogP contribution in [0, 0.1) is 11.3 Å². The van der Waals surface area contributed by atoms with Crippen molar-refractivity contribution in [2.75, 3.05) is 0 Å². The Bertz CT molecular complexity index is 630. The maximum atomic E-state index is 12.3. The Morgan fingerprint density at radius 3 is 2.42 bits per heavy atom.